The van der Waals surface area contributed by atoms with E-state index in [-0.39, 0.29) is 5.69 Å². The molecule has 2 heterocycles. The fourth-order valence-corrected chi connectivity index (χ4v) is 2.77. The summed E-state index contributed by atoms with van der Waals surface area (Å²) in [5, 5.41) is 4.65. The average Bonchev–Trinajstić information content (AvgIpc) is 2.62. The third-order valence-electron chi connectivity index (χ3n) is 4.02. The van der Waals surface area contributed by atoms with Crippen molar-refractivity contribution in [3.8, 4) is 0 Å². The van der Waals surface area contributed by atoms with Gasteiger partial charge < -0.3 is 15.5 Å². The van der Waals surface area contributed by atoms with Gasteiger partial charge in [-0.05, 0) is 31.4 Å². The summed E-state index contributed by atoms with van der Waals surface area (Å²) >= 11 is 0. The first kappa shape index (κ1) is 18.0. The molecule has 0 saturated carbocycles. The summed E-state index contributed by atoms with van der Waals surface area (Å²) in [5.74, 6) is 0.582. The maximum atomic E-state index is 13.0. The van der Waals surface area contributed by atoms with E-state index < -0.39 is 17.8 Å². The van der Waals surface area contributed by atoms with Gasteiger partial charge >= 0.3 is 12.2 Å². The number of para-hydroxylation sites is 1. The molecule has 0 spiro atoms. The lowest BCUT2D eigenvalue weighted by atomic mass is 10.1. The first-order valence-corrected chi connectivity index (χ1v) is 8.25. The Balaban J connectivity index is 1.64. The van der Waals surface area contributed by atoms with E-state index in [2.05, 4.69) is 25.5 Å². The number of carbonyl (C=O) groups excluding carboxylic acids is 1. The standard InChI is InChI=1S/C17H18F3N5O/c18-17(19,20)13-6-2-3-7-14(13)24-16(26)23-12-10-21-15(22-11-12)25-8-4-1-5-9-25/h2-3,6-7,10-11H,1,4-5,8-9H2,(H2,23,24,26). The van der Waals surface area contributed by atoms with Crippen LogP contribution in [0.4, 0.5) is 35.3 Å². The number of halogens is 3. The highest BCUT2D eigenvalue weighted by Gasteiger charge is 2.33. The number of piperidine rings is 1. The number of nitrogens with zero attached hydrogens (tertiary/aromatic N) is 3. The van der Waals surface area contributed by atoms with Crippen LogP contribution in [0, 0.1) is 0 Å². The summed E-state index contributed by atoms with van der Waals surface area (Å²) in [5.41, 5.74) is -0.928. The molecule has 2 N–H and O–H groups in total. The highest BCUT2D eigenvalue weighted by atomic mass is 19.4. The number of amides is 2. The molecular formula is C17H18F3N5O. The summed E-state index contributed by atoms with van der Waals surface area (Å²) in [6, 6.07) is 3.99. The fraction of sp³-hybridized carbons (Fsp3) is 0.353. The third-order valence-corrected chi connectivity index (χ3v) is 4.02. The molecule has 2 aromatic rings. The van der Waals surface area contributed by atoms with Gasteiger partial charge in [0, 0.05) is 13.1 Å². The molecule has 0 aliphatic carbocycles. The van der Waals surface area contributed by atoms with Crippen molar-refractivity contribution < 1.29 is 18.0 Å². The predicted octanol–water partition coefficient (Wildman–Crippen LogP) is 4.13. The molecule has 1 aliphatic heterocycles. The van der Waals surface area contributed by atoms with Crippen LogP contribution in [0.3, 0.4) is 0 Å². The van der Waals surface area contributed by atoms with Gasteiger partial charge in [0.1, 0.15) is 0 Å². The van der Waals surface area contributed by atoms with Crippen LogP contribution < -0.4 is 15.5 Å². The minimum atomic E-state index is -4.55. The van der Waals surface area contributed by atoms with Crippen LogP contribution in [-0.4, -0.2) is 29.1 Å². The first-order chi connectivity index (χ1) is 12.4. The Morgan fingerprint density at radius 3 is 2.31 bits per heavy atom. The molecule has 0 unspecified atom stereocenters. The van der Waals surface area contributed by atoms with E-state index in [1.807, 2.05) is 0 Å². The van der Waals surface area contributed by atoms with Crippen molar-refractivity contribution >= 4 is 23.4 Å². The van der Waals surface area contributed by atoms with Crippen LogP contribution >= 0.6 is 0 Å². The minimum Gasteiger partial charge on any atom is -0.341 e. The van der Waals surface area contributed by atoms with Crippen LogP contribution in [-0.2, 0) is 6.18 Å². The number of nitrogens with one attached hydrogen (secondary N) is 2. The number of rotatable bonds is 3. The predicted molar refractivity (Wildman–Crippen MR) is 92.2 cm³/mol. The van der Waals surface area contributed by atoms with Crippen molar-refractivity contribution in [3.63, 3.8) is 0 Å². The van der Waals surface area contributed by atoms with Crippen LogP contribution in [0.25, 0.3) is 0 Å². The number of carbonyl (C=O) groups is 1. The second-order valence-corrected chi connectivity index (χ2v) is 5.94. The van der Waals surface area contributed by atoms with E-state index in [0.717, 1.165) is 32.0 Å². The maximum Gasteiger partial charge on any atom is 0.418 e. The Bertz CT molecular complexity index is 758. The van der Waals surface area contributed by atoms with Gasteiger partial charge in [0.2, 0.25) is 5.95 Å². The number of benzene rings is 1. The minimum absolute atomic E-state index is 0.299. The molecule has 1 aromatic heterocycles. The third kappa shape index (κ3) is 4.41. The van der Waals surface area contributed by atoms with E-state index in [0.29, 0.717) is 11.6 Å². The summed E-state index contributed by atoms with van der Waals surface area (Å²) in [6.07, 6.45) is 1.69. The van der Waals surface area contributed by atoms with Gasteiger partial charge in [0.15, 0.2) is 0 Å². The Hall–Kier alpha value is -2.84. The molecule has 1 fully saturated rings. The Kier molecular flexibility index (Phi) is 5.24. The second kappa shape index (κ2) is 7.59. The largest absolute Gasteiger partial charge is 0.418 e. The molecule has 0 radical (unpaired) electrons. The lowest BCUT2D eigenvalue weighted by Crippen LogP contribution is -2.31. The van der Waals surface area contributed by atoms with E-state index in [1.165, 1.54) is 37.0 Å². The summed E-state index contributed by atoms with van der Waals surface area (Å²) < 4.78 is 38.9. The molecule has 0 bridgehead atoms. The van der Waals surface area contributed by atoms with Crippen molar-refractivity contribution in [2.75, 3.05) is 28.6 Å². The first-order valence-electron chi connectivity index (χ1n) is 8.25. The zero-order valence-electron chi connectivity index (χ0n) is 13.9. The lowest BCUT2D eigenvalue weighted by Gasteiger charge is -2.26. The summed E-state index contributed by atoms with van der Waals surface area (Å²) in [6.45, 7) is 1.78. The summed E-state index contributed by atoms with van der Waals surface area (Å²) in [7, 11) is 0. The molecule has 1 saturated heterocycles. The van der Waals surface area contributed by atoms with Gasteiger partial charge in [-0.1, -0.05) is 12.1 Å². The van der Waals surface area contributed by atoms with Gasteiger partial charge in [-0.25, -0.2) is 14.8 Å². The van der Waals surface area contributed by atoms with Crippen molar-refractivity contribution in [1.82, 2.24) is 9.97 Å². The van der Waals surface area contributed by atoms with Crippen molar-refractivity contribution in [1.29, 1.82) is 0 Å². The molecule has 1 aliphatic rings. The van der Waals surface area contributed by atoms with Gasteiger partial charge in [-0.3, -0.25) is 0 Å². The number of aromatic nitrogens is 2. The van der Waals surface area contributed by atoms with Gasteiger partial charge in [-0.15, -0.1) is 0 Å². The normalized spacial score (nSPS) is 14.8. The second-order valence-electron chi connectivity index (χ2n) is 5.94. The molecule has 9 heteroatoms. The number of hydrogen-bond acceptors (Lipinski definition) is 4. The number of urea groups is 1. The Morgan fingerprint density at radius 1 is 1.00 bits per heavy atom. The van der Waals surface area contributed by atoms with Gasteiger partial charge in [0.05, 0.1) is 29.3 Å². The lowest BCUT2D eigenvalue weighted by molar-refractivity contribution is -0.136. The highest BCUT2D eigenvalue weighted by Crippen LogP contribution is 2.34. The smallest absolute Gasteiger partial charge is 0.341 e. The molecule has 1 aromatic carbocycles. The molecule has 2 amide bonds. The Labute approximate surface area is 148 Å². The van der Waals surface area contributed by atoms with Crippen molar-refractivity contribution in [3.05, 3.63) is 42.2 Å². The average molecular weight is 365 g/mol. The topological polar surface area (TPSA) is 70.2 Å². The molecular weight excluding hydrogens is 347 g/mol. The van der Waals surface area contributed by atoms with Gasteiger partial charge in [0.25, 0.3) is 0 Å². The SMILES string of the molecule is O=C(Nc1cnc(N2CCCCC2)nc1)Nc1ccccc1C(F)(F)F. The van der Waals surface area contributed by atoms with E-state index in [9.17, 15) is 18.0 Å². The molecule has 6 nitrogen and oxygen atoms in total. The molecule has 26 heavy (non-hydrogen) atoms. The number of hydrogen-bond donors (Lipinski definition) is 2. The maximum absolute atomic E-state index is 13.0. The number of anilines is 3. The van der Waals surface area contributed by atoms with Crippen molar-refractivity contribution in [2.45, 2.75) is 25.4 Å². The quantitative estimate of drug-likeness (QED) is 0.858. The zero-order chi connectivity index (χ0) is 18.6. The molecule has 0 atom stereocenters. The van der Waals surface area contributed by atoms with Gasteiger partial charge in [-0.2, -0.15) is 13.2 Å². The van der Waals surface area contributed by atoms with E-state index >= 15 is 0 Å². The van der Waals surface area contributed by atoms with Crippen LogP contribution in [0.15, 0.2) is 36.7 Å². The van der Waals surface area contributed by atoms with Crippen molar-refractivity contribution in [2.24, 2.45) is 0 Å². The van der Waals surface area contributed by atoms with Crippen LogP contribution in [0.1, 0.15) is 24.8 Å². The van der Waals surface area contributed by atoms with Crippen LogP contribution in [0.2, 0.25) is 0 Å². The monoisotopic (exact) mass is 365 g/mol. The fourth-order valence-electron chi connectivity index (χ4n) is 2.77. The Morgan fingerprint density at radius 2 is 1.65 bits per heavy atom. The highest BCUT2D eigenvalue weighted by molar-refractivity contribution is 6.00. The summed E-state index contributed by atoms with van der Waals surface area (Å²) in [4.78, 5) is 22.5. The number of alkyl halides is 3. The van der Waals surface area contributed by atoms with Crippen LogP contribution in [0.5, 0.6) is 0 Å². The van der Waals surface area contributed by atoms with E-state index in [1.54, 1.807) is 0 Å². The molecule has 138 valence electrons. The zero-order valence-corrected chi connectivity index (χ0v) is 13.9. The van der Waals surface area contributed by atoms with E-state index in [4.69, 9.17) is 0 Å². The molecule has 3 rings (SSSR count).